The van der Waals surface area contributed by atoms with Crippen molar-refractivity contribution in [1.29, 1.82) is 0 Å². The molecule has 1 fully saturated rings. The predicted octanol–water partition coefficient (Wildman–Crippen LogP) is 4.17. The minimum atomic E-state index is 0.0409. The van der Waals surface area contributed by atoms with E-state index in [-0.39, 0.29) is 17.5 Å². The fraction of sp³-hybridized carbons (Fsp3) is 0.375. The van der Waals surface area contributed by atoms with Crippen molar-refractivity contribution in [3.05, 3.63) is 70.7 Å². The first-order valence-corrected chi connectivity index (χ1v) is 10.4. The van der Waals surface area contributed by atoms with Gasteiger partial charge >= 0.3 is 0 Å². The lowest BCUT2D eigenvalue weighted by molar-refractivity contribution is 0.0805. The Bertz CT molecular complexity index is 1060. The molecule has 0 spiro atoms. The molecule has 0 bridgehead atoms. The molecule has 6 nitrogen and oxygen atoms in total. The molecule has 1 aliphatic heterocycles. The predicted molar refractivity (Wildman–Crippen MR) is 114 cm³/mol. The lowest BCUT2D eigenvalue weighted by Gasteiger charge is -2.30. The van der Waals surface area contributed by atoms with Crippen molar-refractivity contribution in [1.82, 2.24) is 14.6 Å². The molecule has 6 heteroatoms. The largest absolute Gasteiger partial charge is 0.360 e. The fourth-order valence-electron chi connectivity index (χ4n) is 4.34. The summed E-state index contributed by atoms with van der Waals surface area (Å²) in [6, 6.07) is 13.3. The Labute approximate surface area is 176 Å². The molecule has 4 rings (SSSR count). The van der Waals surface area contributed by atoms with Crippen LogP contribution >= 0.6 is 0 Å². The first-order chi connectivity index (χ1) is 14.4. The molecule has 30 heavy (non-hydrogen) atoms. The number of Topliss-reactive ketones (excluding diaryl/α,β-unsaturated/α-hetero) is 2. The molecule has 0 saturated carbocycles. The van der Waals surface area contributed by atoms with Crippen LogP contribution in [-0.4, -0.2) is 45.8 Å². The molecule has 1 saturated heterocycles. The van der Waals surface area contributed by atoms with Crippen molar-refractivity contribution in [2.45, 2.75) is 33.6 Å². The van der Waals surface area contributed by atoms with E-state index in [4.69, 9.17) is 4.52 Å². The highest BCUT2D eigenvalue weighted by Crippen LogP contribution is 2.24. The van der Waals surface area contributed by atoms with Gasteiger partial charge in [0.15, 0.2) is 17.4 Å². The minimum Gasteiger partial charge on any atom is -0.360 e. The number of benzene rings is 1. The SMILES string of the molecule is Cc1cc(-n2c(C)cc(C(=O)CN3CCC(C(=O)c4ccccc4)CC3)c2C)no1. The van der Waals surface area contributed by atoms with Crippen LogP contribution in [0.2, 0.25) is 0 Å². The van der Waals surface area contributed by atoms with Gasteiger partial charge in [-0.1, -0.05) is 35.5 Å². The maximum absolute atomic E-state index is 13.0. The summed E-state index contributed by atoms with van der Waals surface area (Å²) >= 11 is 0. The van der Waals surface area contributed by atoms with Crippen LogP contribution in [0, 0.1) is 26.7 Å². The Morgan fingerprint density at radius 1 is 1.07 bits per heavy atom. The van der Waals surface area contributed by atoms with Crippen LogP contribution < -0.4 is 0 Å². The summed E-state index contributed by atoms with van der Waals surface area (Å²) in [6.07, 6.45) is 1.58. The highest BCUT2D eigenvalue weighted by molar-refractivity contribution is 5.99. The third-order valence-electron chi connectivity index (χ3n) is 5.96. The lowest BCUT2D eigenvalue weighted by atomic mass is 9.89. The standard InChI is InChI=1S/C24H27N3O3/c1-16-13-21(18(3)27(16)23-14-17(2)30-25-23)22(28)15-26-11-9-20(10-12-26)24(29)19-7-5-4-6-8-19/h4-8,13-14,20H,9-12,15H2,1-3H3. The fourth-order valence-corrected chi connectivity index (χ4v) is 4.34. The first-order valence-electron chi connectivity index (χ1n) is 10.4. The quantitative estimate of drug-likeness (QED) is 0.576. The molecule has 1 aromatic carbocycles. The van der Waals surface area contributed by atoms with E-state index in [1.807, 2.05) is 67.8 Å². The Hall–Kier alpha value is -2.99. The summed E-state index contributed by atoms with van der Waals surface area (Å²) in [5.41, 5.74) is 3.33. The first kappa shape index (κ1) is 20.3. The Balaban J connectivity index is 1.39. The smallest absolute Gasteiger partial charge is 0.180 e. The number of hydrogen-bond acceptors (Lipinski definition) is 5. The van der Waals surface area contributed by atoms with Gasteiger partial charge in [0.2, 0.25) is 0 Å². The van der Waals surface area contributed by atoms with Crippen LogP contribution in [0.1, 0.15) is 50.7 Å². The van der Waals surface area contributed by atoms with E-state index in [9.17, 15) is 9.59 Å². The Morgan fingerprint density at radius 3 is 2.40 bits per heavy atom. The van der Waals surface area contributed by atoms with Gasteiger partial charge in [0, 0.05) is 34.5 Å². The monoisotopic (exact) mass is 405 g/mol. The summed E-state index contributed by atoms with van der Waals surface area (Å²) in [4.78, 5) is 27.8. The number of carbonyl (C=O) groups excluding carboxylic acids is 2. The van der Waals surface area contributed by atoms with Crippen molar-refractivity contribution in [2.24, 2.45) is 5.92 Å². The van der Waals surface area contributed by atoms with Crippen LogP contribution in [0.5, 0.6) is 0 Å². The highest BCUT2D eigenvalue weighted by Gasteiger charge is 2.27. The molecule has 0 N–H and O–H groups in total. The van der Waals surface area contributed by atoms with Gasteiger partial charge in [0.05, 0.1) is 6.54 Å². The highest BCUT2D eigenvalue weighted by atomic mass is 16.5. The van der Waals surface area contributed by atoms with Crippen LogP contribution in [0.15, 0.2) is 47.0 Å². The molecule has 2 aromatic heterocycles. The number of hydrogen-bond donors (Lipinski definition) is 0. The summed E-state index contributed by atoms with van der Waals surface area (Å²) in [7, 11) is 0. The van der Waals surface area contributed by atoms with E-state index in [1.54, 1.807) is 0 Å². The molecular weight excluding hydrogens is 378 g/mol. The van der Waals surface area contributed by atoms with Gasteiger partial charge in [-0.05, 0) is 52.8 Å². The van der Waals surface area contributed by atoms with E-state index in [0.717, 1.165) is 54.2 Å². The Morgan fingerprint density at radius 2 is 1.77 bits per heavy atom. The van der Waals surface area contributed by atoms with Crippen molar-refractivity contribution >= 4 is 11.6 Å². The van der Waals surface area contributed by atoms with Crippen LogP contribution in [0.4, 0.5) is 0 Å². The minimum absolute atomic E-state index is 0.0409. The molecular formula is C24H27N3O3. The van der Waals surface area contributed by atoms with Crippen molar-refractivity contribution in [3.63, 3.8) is 0 Å². The maximum Gasteiger partial charge on any atom is 0.180 e. The third-order valence-corrected chi connectivity index (χ3v) is 5.96. The van der Waals surface area contributed by atoms with Gasteiger partial charge in [0.1, 0.15) is 5.76 Å². The van der Waals surface area contributed by atoms with Crippen LogP contribution in [0.25, 0.3) is 5.82 Å². The number of piperidine rings is 1. The zero-order valence-corrected chi connectivity index (χ0v) is 17.7. The number of aromatic nitrogens is 2. The summed E-state index contributed by atoms with van der Waals surface area (Å²) in [6.45, 7) is 7.65. The summed E-state index contributed by atoms with van der Waals surface area (Å²) in [5.74, 6) is 1.79. The second-order valence-corrected chi connectivity index (χ2v) is 8.12. The normalized spacial score (nSPS) is 15.4. The number of likely N-dealkylation sites (tertiary alicyclic amines) is 1. The van der Waals surface area contributed by atoms with Crippen molar-refractivity contribution in [2.75, 3.05) is 19.6 Å². The average molecular weight is 405 g/mol. The molecule has 0 aliphatic carbocycles. The van der Waals surface area contributed by atoms with Gasteiger partial charge in [0.25, 0.3) is 0 Å². The van der Waals surface area contributed by atoms with Gasteiger partial charge in [-0.2, -0.15) is 0 Å². The summed E-state index contributed by atoms with van der Waals surface area (Å²) < 4.78 is 7.14. The van der Waals surface area contributed by atoms with E-state index >= 15 is 0 Å². The number of carbonyl (C=O) groups is 2. The average Bonchev–Trinajstić information content (AvgIpc) is 3.30. The molecule has 0 atom stereocenters. The molecule has 1 aliphatic rings. The molecule has 3 aromatic rings. The van der Waals surface area contributed by atoms with Crippen LogP contribution in [-0.2, 0) is 0 Å². The zero-order valence-electron chi connectivity index (χ0n) is 17.7. The second-order valence-electron chi connectivity index (χ2n) is 8.12. The van der Waals surface area contributed by atoms with Gasteiger partial charge in [-0.25, -0.2) is 0 Å². The second kappa shape index (κ2) is 8.40. The molecule has 0 unspecified atom stereocenters. The topological polar surface area (TPSA) is 68.3 Å². The third kappa shape index (κ3) is 4.00. The number of nitrogens with zero attached hydrogens (tertiary/aromatic N) is 3. The maximum atomic E-state index is 13.0. The van der Waals surface area contributed by atoms with Crippen molar-refractivity contribution < 1.29 is 14.1 Å². The number of ketones is 2. The van der Waals surface area contributed by atoms with E-state index < -0.39 is 0 Å². The summed E-state index contributed by atoms with van der Waals surface area (Å²) in [5, 5.41) is 4.08. The Kier molecular flexibility index (Phi) is 5.68. The van der Waals surface area contributed by atoms with Gasteiger partial charge < -0.3 is 4.52 Å². The molecule has 156 valence electrons. The van der Waals surface area contributed by atoms with Crippen LogP contribution in [0.3, 0.4) is 0 Å². The lowest BCUT2D eigenvalue weighted by Crippen LogP contribution is -2.39. The molecule has 3 heterocycles. The number of rotatable bonds is 6. The molecule has 0 radical (unpaired) electrons. The number of aryl methyl sites for hydroxylation is 2. The van der Waals surface area contributed by atoms with E-state index in [2.05, 4.69) is 10.1 Å². The van der Waals surface area contributed by atoms with Gasteiger partial charge in [-0.3, -0.25) is 19.1 Å². The van der Waals surface area contributed by atoms with Gasteiger partial charge in [-0.15, -0.1) is 0 Å². The van der Waals surface area contributed by atoms with E-state index in [0.29, 0.717) is 12.4 Å². The van der Waals surface area contributed by atoms with E-state index in [1.165, 1.54) is 0 Å². The molecule has 0 amide bonds. The van der Waals surface area contributed by atoms with Crippen molar-refractivity contribution in [3.8, 4) is 5.82 Å². The zero-order chi connectivity index (χ0) is 21.3.